The summed E-state index contributed by atoms with van der Waals surface area (Å²) in [4.78, 5) is 102. The number of hydrogen-bond donors (Lipinski definition) is 8. The fourth-order valence-electron chi connectivity index (χ4n) is 9.30. The summed E-state index contributed by atoms with van der Waals surface area (Å²) in [6, 6.07) is 10.5. The van der Waals surface area contributed by atoms with Crippen LogP contribution in [0.25, 0.3) is 0 Å². The lowest BCUT2D eigenvalue weighted by molar-refractivity contribution is -0.147. The molecule has 0 radical (unpaired) electrons. The van der Waals surface area contributed by atoms with Crippen LogP contribution in [0, 0.1) is 11.3 Å². The molecule has 2 aromatic carbocycles. The Hall–Kier alpha value is -6.00. The largest absolute Gasteiger partial charge is 0.370 e. The van der Waals surface area contributed by atoms with Gasteiger partial charge >= 0.3 is 0 Å². The molecular weight excluding hydrogens is 793 g/mol. The summed E-state index contributed by atoms with van der Waals surface area (Å²) >= 11 is 0. The van der Waals surface area contributed by atoms with Gasteiger partial charge in [0, 0.05) is 45.9 Å². The first-order valence-electron chi connectivity index (χ1n) is 22.1. The second kappa shape index (κ2) is 21.7. The summed E-state index contributed by atoms with van der Waals surface area (Å²) in [6.45, 7) is 1.83. The minimum Gasteiger partial charge on any atom is -0.370 e. The van der Waals surface area contributed by atoms with E-state index in [2.05, 4.69) is 31.9 Å². The van der Waals surface area contributed by atoms with Crippen LogP contribution in [-0.4, -0.2) is 113 Å². The second-order valence-corrected chi connectivity index (χ2v) is 17.1. The molecule has 2 saturated heterocycles. The lowest BCUT2D eigenvalue weighted by Gasteiger charge is -2.39. The quantitative estimate of drug-likeness (QED) is 0.0908. The molecule has 0 bridgehead atoms. The molecule has 2 unspecified atom stereocenters. The number of carbonyl (C=O) groups excluding carboxylic acids is 7. The summed E-state index contributed by atoms with van der Waals surface area (Å²) in [5, 5.41) is 24.6. The highest BCUT2D eigenvalue weighted by molar-refractivity contribution is 5.98. The molecule has 17 heteroatoms. The third kappa shape index (κ3) is 12.1. The number of fused-ring (bicyclic) bond motifs is 3. The fraction of sp³-hybridized carbons (Fsp3) is 0.556. The van der Waals surface area contributed by atoms with E-state index in [9.17, 15) is 33.6 Å². The van der Waals surface area contributed by atoms with Gasteiger partial charge in [0.05, 0.1) is 0 Å². The van der Waals surface area contributed by atoms with E-state index in [1.54, 1.807) is 0 Å². The van der Waals surface area contributed by atoms with E-state index in [1.807, 2.05) is 54.6 Å². The van der Waals surface area contributed by atoms with E-state index in [4.69, 9.17) is 11.1 Å². The molecule has 6 rings (SSSR count). The highest BCUT2D eigenvalue weighted by Crippen LogP contribution is 2.31. The molecular formula is C45H62N10O7. The van der Waals surface area contributed by atoms with Crippen molar-refractivity contribution < 1.29 is 33.6 Å². The number of benzene rings is 2. The average molecular weight is 855 g/mol. The first-order chi connectivity index (χ1) is 29.9. The predicted octanol–water partition coefficient (Wildman–Crippen LogP) is 0.886. The monoisotopic (exact) mass is 854 g/mol. The Balaban J connectivity index is 1.34. The lowest BCUT2D eigenvalue weighted by Crippen LogP contribution is -2.61. The molecule has 0 aromatic heterocycles. The third-order valence-electron chi connectivity index (χ3n) is 12.5. The van der Waals surface area contributed by atoms with Gasteiger partial charge in [0.25, 0.3) is 0 Å². The average Bonchev–Trinajstić information content (AvgIpc) is 3.76. The maximum absolute atomic E-state index is 15.0. The van der Waals surface area contributed by atoms with Crippen LogP contribution in [0.2, 0.25) is 0 Å². The molecule has 9 N–H and O–H groups in total. The third-order valence-corrected chi connectivity index (χ3v) is 12.5. The molecule has 2 aromatic rings. The predicted molar refractivity (Wildman–Crippen MR) is 231 cm³/mol. The Labute approximate surface area is 362 Å². The van der Waals surface area contributed by atoms with Gasteiger partial charge in [0.15, 0.2) is 5.96 Å². The first-order valence-corrected chi connectivity index (χ1v) is 22.1. The van der Waals surface area contributed by atoms with E-state index >= 15 is 0 Å². The van der Waals surface area contributed by atoms with Crippen LogP contribution in [-0.2, 0) is 52.9 Å². The molecule has 3 aliphatic heterocycles. The number of guanidine groups is 1. The number of rotatable bonds is 11. The molecule has 3 heterocycles. The number of carbonyl (C=O) groups is 7. The zero-order valence-corrected chi connectivity index (χ0v) is 35.6. The van der Waals surface area contributed by atoms with Crippen molar-refractivity contribution in [1.82, 2.24) is 41.7 Å². The number of nitrogens with one attached hydrogen (secondary N) is 7. The molecule has 0 spiro atoms. The van der Waals surface area contributed by atoms with Crippen molar-refractivity contribution in [3.8, 4) is 0 Å². The second-order valence-electron chi connectivity index (χ2n) is 17.1. The van der Waals surface area contributed by atoms with Crippen molar-refractivity contribution in [1.29, 1.82) is 5.41 Å². The van der Waals surface area contributed by atoms with Crippen LogP contribution in [0.15, 0.2) is 54.6 Å². The molecule has 334 valence electrons. The van der Waals surface area contributed by atoms with Crippen molar-refractivity contribution in [3.63, 3.8) is 0 Å². The maximum Gasteiger partial charge on any atom is 0.246 e. The molecule has 6 atom stereocenters. The van der Waals surface area contributed by atoms with Gasteiger partial charge in [0.2, 0.25) is 41.4 Å². The van der Waals surface area contributed by atoms with E-state index < -0.39 is 77.6 Å². The van der Waals surface area contributed by atoms with Crippen LogP contribution in [0.5, 0.6) is 0 Å². The van der Waals surface area contributed by atoms with Gasteiger partial charge < -0.3 is 47.4 Å². The van der Waals surface area contributed by atoms with Gasteiger partial charge in [-0.05, 0) is 61.1 Å². The molecule has 62 heavy (non-hydrogen) atoms. The normalized spacial score (nSPS) is 24.5. The highest BCUT2D eigenvalue weighted by atomic mass is 16.2. The lowest BCUT2D eigenvalue weighted by atomic mass is 9.84. The van der Waals surface area contributed by atoms with Crippen molar-refractivity contribution in [2.24, 2.45) is 11.7 Å². The van der Waals surface area contributed by atoms with Gasteiger partial charge in [0.1, 0.15) is 36.3 Å². The smallest absolute Gasteiger partial charge is 0.246 e. The molecule has 4 aliphatic rings. The summed E-state index contributed by atoms with van der Waals surface area (Å²) in [6.07, 6.45) is 6.94. The number of amides is 7. The van der Waals surface area contributed by atoms with Crippen LogP contribution in [0.1, 0.15) is 94.2 Å². The summed E-state index contributed by atoms with van der Waals surface area (Å²) in [7, 11) is 0. The Morgan fingerprint density at radius 1 is 0.806 bits per heavy atom. The van der Waals surface area contributed by atoms with Crippen LogP contribution in [0.4, 0.5) is 0 Å². The van der Waals surface area contributed by atoms with Crippen LogP contribution >= 0.6 is 0 Å². The van der Waals surface area contributed by atoms with Crippen molar-refractivity contribution in [2.75, 3.05) is 19.6 Å². The fourth-order valence-corrected chi connectivity index (χ4v) is 9.30. The van der Waals surface area contributed by atoms with E-state index in [-0.39, 0.29) is 63.7 Å². The maximum atomic E-state index is 15.0. The first kappa shape index (κ1) is 45.5. The molecule has 7 amide bonds. The van der Waals surface area contributed by atoms with E-state index in [1.165, 1.54) is 16.7 Å². The van der Waals surface area contributed by atoms with Gasteiger partial charge in [-0.25, -0.2) is 0 Å². The van der Waals surface area contributed by atoms with Crippen molar-refractivity contribution >= 4 is 47.3 Å². The standard InChI is InChI=1S/C45H62N10O7/c1-28(56)50-35(24-29-12-4-2-5-13-29)40(58)52-34-20-22-48-39(57)33(18-10-21-49-45(46)47)51-42(60)38-26-31-16-8-9-17-32(31)27-55(38)44(62)36(25-30-14-6-3-7-15-30)53-41(59)37-19-11-23-54(37)43(34)61/h2,4-5,8-9,12-13,16-17,30,33-38H,3,6-7,10-11,14-15,18-27H2,1H3,(H,48,57)(H,50,56)(H,51,60)(H,52,58)(H,53,59)(H4,46,47,49)/t33?,34-,35-,36+,37?,38-/m0/s1. The topological polar surface area (TPSA) is 248 Å². The minimum absolute atomic E-state index is 0.0676. The van der Waals surface area contributed by atoms with Gasteiger partial charge in [-0.3, -0.25) is 39.0 Å². The molecule has 1 aliphatic carbocycles. The molecule has 3 fully saturated rings. The Morgan fingerprint density at radius 2 is 1.50 bits per heavy atom. The molecule has 1 saturated carbocycles. The number of hydrogen-bond acceptors (Lipinski definition) is 8. The number of nitrogens with two attached hydrogens (primary N) is 1. The van der Waals surface area contributed by atoms with Crippen molar-refractivity contribution in [3.05, 3.63) is 71.3 Å². The SMILES string of the molecule is CC(=O)N[C@@H](Cc1ccccc1)C(=O)N[C@H]1CCNC(=O)C(CCCNC(=N)N)NC(=O)[C@@H]2Cc3ccccc3CN2C(=O)[C@@H](CC2CCCCC2)NC(=O)C2CCCN2C1=O. The van der Waals surface area contributed by atoms with Crippen LogP contribution < -0.4 is 37.6 Å². The van der Waals surface area contributed by atoms with Gasteiger partial charge in [-0.15, -0.1) is 0 Å². The van der Waals surface area contributed by atoms with E-state index in [0.29, 0.717) is 25.7 Å². The summed E-state index contributed by atoms with van der Waals surface area (Å²) < 4.78 is 0. The van der Waals surface area contributed by atoms with Crippen molar-refractivity contribution in [2.45, 2.75) is 133 Å². The van der Waals surface area contributed by atoms with E-state index in [0.717, 1.165) is 48.8 Å². The Bertz CT molecular complexity index is 1960. The zero-order chi connectivity index (χ0) is 44.2. The van der Waals surface area contributed by atoms with Gasteiger partial charge in [-0.1, -0.05) is 86.7 Å². The Morgan fingerprint density at radius 3 is 2.23 bits per heavy atom. The minimum atomic E-state index is -1.21. The number of nitrogens with zero attached hydrogens (tertiary/aromatic N) is 2. The zero-order valence-electron chi connectivity index (χ0n) is 35.6. The summed E-state index contributed by atoms with van der Waals surface area (Å²) in [5.41, 5.74) is 8.06. The van der Waals surface area contributed by atoms with Crippen LogP contribution in [0.3, 0.4) is 0 Å². The Kier molecular flexibility index (Phi) is 15.9. The molecule has 17 nitrogen and oxygen atoms in total. The van der Waals surface area contributed by atoms with Gasteiger partial charge in [-0.2, -0.15) is 0 Å². The highest BCUT2D eigenvalue weighted by Gasteiger charge is 2.43. The summed E-state index contributed by atoms with van der Waals surface area (Å²) in [5.74, 6) is -3.59.